The molecule has 0 aliphatic rings. The second-order valence-electron chi connectivity index (χ2n) is 5.28. The van der Waals surface area contributed by atoms with Gasteiger partial charge in [0.1, 0.15) is 0 Å². The summed E-state index contributed by atoms with van der Waals surface area (Å²) in [4.78, 5) is 23.5. The number of carbonyl (C=O) groups is 2. The van der Waals surface area contributed by atoms with Gasteiger partial charge >= 0.3 is 5.97 Å². The summed E-state index contributed by atoms with van der Waals surface area (Å²) in [5.74, 6) is -0.804. The summed E-state index contributed by atoms with van der Waals surface area (Å²) in [5, 5.41) is 5.79. The first-order chi connectivity index (χ1) is 11.4. The molecule has 0 aliphatic heterocycles. The van der Waals surface area contributed by atoms with Crippen LogP contribution < -0.4 is 10.6 Å². The number of aryl methyl sites for hydroxylation is 2. The largest absolute Gasteiger partial charge is 0.465 e. The van der Waals surface area contributed by atoms with Crippen LogP contribution in [0.1, 0.15) is 31.8 Å². The lowest BCUT2D eigenvalue weighted by Gasteiger charge is -2.11. The van der Waals surface area contributed by atoms with E-state index in [1.807, 2.05) is 32.0 Å². The van der Waals surface area contributed by atoms with E-state index in [2.05, 4.69) is 15.4 Å². The van der Waals surface area contributed by atoms with Crippen LogP contribution in [0, 0.1) is 13.8 Å². The molecule has 0 heterocycles. The van der Waals surface area contributed by atoms with Crippen molar-refractivity contribution >= 4 is 34.9 Å². The van der Waals surface area contributed by atoms with Gasteiger partial charge in [-0.3, -0.25) is 10.1 Å². The molecule has 1 amide bonds. The molecule has 0 saturated heterocycles. The van der Waals surface area contributed by atoms with E-state index in [0.29, 0.717) is 11.1 Å². The van der Waals surface area contributed by atoms with Gasteiger partial charge in [0.05, 0.1) is 12.7 Å². The quantitative estimate of drug-likeness (QED) is 0.662. The van der Waals surface area contributed by atoms with Crippen LogP contribution in [-0.2, 0) is 4.74 Å². The van der Waals surface area contributed by atoms with Crippen molar-refractivity contribution in [2.75, 3.05) is 12.4 Å². The van der Waals surface area contributed by atoms with Crippen LogP contribution >= 0.6 is 12.2 Å². The number of ether oxygens (including phenoxy) is 1. The number of benzene rings is 2. The van der Waals surface area contributed by atoms with E-state index in [0.717, 1.165) is 11.3 Å². The first-order valence-corrected chi connectivity index (χ1v) is 7.69. The van der Waals surface area contributed by atoms with Gasteiger partial charge in [0.25, 0.3) is 5.91 Å². The zero-order chi connectivity index (χ0) is 17.7. The number of hydrogen-bond donors (Lipinski definition) is 2. The van der Waals surface area contributed by atoms with Gasteiger partial charge in [0.15, 0.2) is 5.11 Å². The van der Waals surface area contributed by atoms with Crippen molar-refractivity contribution in [3.8, 4) is 0 Å². The first kappa shape index (κ1) is 17.6. The van der Waals surface area contributed by atoms with Gasteiger partial charge < -0.3 is 10.1 Å². The summed E-state index contributed by atoms with van der Waals surface area (Å²) in [6.45, 7) is 4.03. The van der Waals surface area contributed by atoms with Gasteiger partial charge in [-0.2, -0.15) is 0 Å². The molecule has 24 heavy (non-hydrogen) atoms. The van der Waals surface area contributed by atoms with E-state index < -0.39 is 5.97 Å². The Bertz CT molecular complexity index is 785. The molecule has 0 atom stereocenters. The van der Waals surface area contributed by atoms with Crippen LogP contribution in [0.4, 0.5) is 5.69 Å². The number of thiocarbonyl (C=S) groups is 1. The Labute approximate surface area is 146 Å². The molecule has 2 aromatic carbocycles. The summed E-state index contributed by atoms with van der Waals surface area (Å²) in [7, 11) is 1.31. The van der Waals surface area contributed by atoms with E-state index in [4.69, 9.17) is 12.2 Å². The van der Waals surface area contributed by atoms with Crippen LogP contribution in [0.15, 0.2) is 42.5 Å². The fourth-order valence-electron chi connectivity index (χ4n) is 2.03. The predicted molar refractivity (Wildman–Crippen MR) is 97.4 cm³/mol. The van der Waals surface area contributed by atoms with E-state index >= 15 is 0 Å². The zero-order valence-corrected chi connectivity index (χ0v) is 14.5. The molecule has 5 nitrogen and oxygen atoms in total. The second kappa shape index (κ2) is 7.70. The highest BCUT2D eigenvalue weighted by molar-refractivity contribution is 7.80. The Balaban J connectivity index is 1.99. The van der Waals surface area contributed by atoms with Gasteiger partial charge in [0, 0.05) is 11.3 Å². The van der Waals surface area contributed by atoms with Gasteiger partial charge in [-0.05, 0) is 73.6 Å². The van der Waals surface area contributed by atoms with Crippen molar-refractivity contribution in [2.45, 2.75) is 13.8 Å². The minimum atomic E-state index is -0.450. The molecular formula is C18H18N2O3S. The molecule has 2 rings (SSSR count). The van der Waals surface area contributed by atoms with Crippen LogP contribution in [0.25, 0.3) is 0 Å². The Hall–Kier alpha value is -2.73. The number of nitrogens with one attached hydrogen (secondary N) is 2. The smallest absolute Gasteiger partial charge is 0.337 e. The summed E-state index contributed by atoms with van der Waals surface area (Å²) in [6, 6.07) is 12.0. The van der Waals surface area contributed by atoms with E-state index in [1.54, 1.807) is 12.1 Å². The van der Waals surface area contributed by atoms with Gasteiger partial charge in [-0.1, -0.05) is 6.07 Å². The van der Waals surface area contributed by atoms with E-state index in [1.165, 1.54) is 24.8 Å². The second-order valence-corrected chi connectivity index (χ2v) is 5.68. The lowest BCUT2D eigenvalue weighted by atomic mass is 10.1. The maximum Gasteiger partial charge on any atom is 0.337 e. The standard InChI is InChI=1S/C18H18N2O3S/c1-11-4-9-15(10-12(11)2)19-18(24)20-16(21)13-5-7-14(8-6-13)17(22)23-3/h4-10H,1-3H3,(H2,19,20,21,24). The molecule has 0 aliphatic carbocycles. The van der Waals surface area contributed by atoms with Gasteiger partial charge in [-0.25, -0.2) is 4.79 Å². The molecule has 0 bridgehead atoms. The molecule has 0 unspecified atom stereocenters. The summed E-state index contributed by atoms with van der Waals surface area (Å²) in [6.07, 6.45) is 0. The van der Waals surface area contributed by atoms with Crippen molar-refractivity contribution in [3.63, 3.8) is 0 Å². The van der Waals surface area contributed by atoms with Crippen molar-refractivity contribution in [1.29, 1.82) is 0 Å². The average Bonchev–Trinajstić information content (AvgIpc) is 2.57. The Morgan fingerprint density at radius 3 is 2.17 bits per heavy atom. The van der Waals surface area contributed by atoms with Crippen LogP contribution in [-0.4, -0.2) is 24.1 Å². The third-order valence-corrected chi connectivity index (χ3v) is 3.76. The zero-order valence-electron chi connectivity index (χ0n) is 13.7. The fraction of sp³-hybridized carbons (Fsp3) is 0.167. The number of rotatable bonds is 3. The molecule has 0 saturated carbocycles. The van der Waals surface area contributed by atoms with Crippen molar-refractivity contribution < 1.29 is 14.3 Å². The Kier molecular flexibility index (Phi) is 5.65. The molecule has 0 radical (unpaired) electrons. The third-order valence-electron chi connectivity index (χ3n) is 3.56. The normalized spacial score (nSPS) is 9.96. The molecule has 2 N–H and O–H groups in total. The molecule has 124 valence electrons. The predicted octanol–water partition coefficient (Wildman–Crippen LogP) is 3.22. The molecular weight excluding hydrogens is 324 g/mol. The molecule has 0 aromatic heterocycles. The summed E-state index contributed by atoms with van der Waals surface area (Å²) < 4.78 is 4.62. The fourth-order valence-corrected chi connectivity index (χ4v) is 2.24. The topological polar surface area (TPSA) is 67.4 Å². The first-order valence-electron chi connectivity index (χ1n) is 7.28. The van der Waals surface area contributed by atoms with Gasteiger partial charge in [0.2, 0.25) is 0 Å². The monoisotopic (exact) mass is 342 g/mol. The number of esters is 1. The van der Waals surface area contributed by atoms with Crippen LogP contribution in [0.2, 0.25) is 0 Å². The van der Waals surface area contributed by atoms with E-state index in [9.17, 15) is 9.59 Å². The highest BCUT2D eigenvalue weighted by Gasteiger charge is 2.10. The lowest BCUT2D eigenvalue weighted by Crippen LogP contribution is -2.34. The minimum Gasteiger partial charge on any atom is -0.465 e. The van der Waals surface area contributed by atoms with Crippen molar-refractivity contribution in [2.24, 2.45) is 0 Å². The molecule has 2 aromatic rings. The summed E-state index contributed by atoms with van der Waals surface area (Å²) >= 11 is 5.16. The SMILES string of the molecule is COC(=O)c1ccc(C(=O)NC(=S)Nc2ccc(C)c(C)c2)cc1. The van der Waals surface area contributed by atoms with Crippen LogP contribution in [0.3, 0.4) is 0 Å². The Morgan fingerprint density at radius 1 is 0.958 bits per heavy atom. The highest BCUT2D eigenvalue weighted by atomic mass is 32.1. The van der Waals surface area contributed by atoms with E-state index in [-0.39, 0.29) is 11.0 Å². The number of hydrogen-bond acceptors (Lipinski definition) is 4. The van der Waals surface area contributed by atoms with Crippen molar-refractivity contribution in [3.05, 3.63) is 64.7 Å². The van der Waals surface area contributed by atoms with Gasteiger partial charge in [-0.15, -0.1) is 0 Å². The minimum absolute atomic E-state index is 0.209. The van der Waals surface area contributed by atoms with Crippen LogP contribution in [0.5, 0.6) is 0 Å². The highest BCUT2D eigenvalue weighted by Crippen LogP contribution is 2.14. The molecule has 6 heteroatoms. The third kappa shape index (κ3) is 4.39. The lowest BCUT2D eigenvalue weighted by molar-refractivity contribution is 0.0600. The van der Waals surface area contributed by atoms with Crippen molar-refractivity contribution in [1.82, 2.24) is 5.32 Å². The number of amides is 1. The maximum absolute atomic E-state index is 12.2. The summed E-state index contributed by atoms with van der Waals surface area (Å²) in [5.41, 5.74) is 3.90. The number of anilines is 1. The average molecular weight is 342 g/mol. The molecule has 0 spiro atoms. The maximum atomic E-state index is 12.2. The molecule has 0 fully saturated rings. The number of carbonyl (C=O) groups excluding carboxylic acids is 2. The number of methoxy groups -OCH3 is 1. The Morgan fingerprint density at radius 2 is 1.58 bits per heavy atom.